The maximum absolute atomic E-state index is 10.9. The standard InChI is InChI=1S/C26H30O5/c1-6-19-11-18-12-23-20(13-26(4,5)31-23)21(25(18)30-19)14-29-22-9-7-17(8-10-24(27)28)15(2)16(22)3/h7,9,11-12H,6,8,10,13-14H2,1-5H3,(H,27,28). The van der Waals surface area contributed by atoms with Crippen molar-refractivity contribution in [2.24, 2.45) is 0 Å². The van der Waals surface area contributed by atoms with E-state index in [4.69, 9.17) is 19.0 Å². The molecule has 2 aromatic carbocycles. The quantitative estimate of drug-likeness (QED) is 0.512. The molecule has 0 spiro atoms. The average molecular weight is 423 g/mol. The lowest BCUT2D eigenvalue weighted by atomic mass is 9.96. The lowest BCUT2D eigenvalue weighted by Gasteiger charge is -2.16. The number of carboxylic acid groups (broad SMARTS) is 1. The second-order valence-corrected chi connectivity index (χ2v) is 9.01. The highest BCUT2D eigenvalue weighted by Crippen LogP contribution is 2.42. The smallest absolute Gasteiger partial charge is 0.303 e. The Balaban J connectivity index is 1.66. The number of ether oxygens (including phenoxy) is 2. The first-order valence-corrected chi connectivity index (χ1v) is 10.9. The van der Waals surface area contributed by atoms with Gasteiger partial charge in [0.1, 0.15) is 35.1 Å². The zero-order valence-corrected chi connectivity index (χ0v) is 18.9. The highest BCUT2D eigenvalue weighted by Gasteiger charge is 2.34. The molecular formula is C26H30O5. The molecule has 0 saturated heterocycles. The molecule has 3 aromatic rings. The monoisotopic (exact) mass is 422 g/mol. The number of hydrogen-bond acceptors (Lipinski definition) is 4. The van der Waals surface area contributed by atoms with Crippen molar-refractivity contribution in [3.8, 4) is 11.5 Å². The van der Waals surface area contributed by atoms with Crippen molar-refractivity contribution in [3.05, 3.63) is 57.8 Å². The Bertz CT molecular complexity index is 1150. The summed E-state index contributed by atoms with van der Waals surface area (Å²) >= 11 is 0. The van der Waals surface area contributed by atoms with Crippen LogP contribution in [0, 0.1) is 13.8 Å². The Morgan fingerprint density at radius 3 is 2.68 bits per heavy atom. The maximum Gasteiger partial charge on any atom is 0.303 e. The summed E-state index contributed by atoms with van der Waals surface area (Å²) in [7, 11) is 0. The third-order valence-electron chi connectivity index (χ3n) is 6.20. The first-order chi connectivity index (χ1) is 14.7. The molecule has 0 unspecified atom stereocenters. The Kier molecular flexibility index (Phi) is 5.46. The van der Waals surface area contributed by atoms with Gasteiger partial charge in [0, 0.05) is 35.8 Å². The molecule has 0 radical (unpaired) electrons. The van der Waals surface area contributed by atoms with Crippen LogP contribution in [-0.2, 0) is 30.7 Å². The van der Waals surface area contributed by atoms with Gasteiger partial charge in [-0.3, -0.25) is 4.79 Å². The number of benzene rings is 2. The van der Waals surface area contributed by atoms with E-state index in [1.807, 2.05) is 26.0 Å². The summed E-state index contributed by atoms with van der Waals surface area (Å²) in [5.74, 6) is 1.89. The third kappa shape index (κ3) is 4.14. The lowest BCUT2D eigenvalue weighted by molar-refractivity contribution is -0.136. The Morgan fingerprint density at radius 2 is 1.97 bits per heavy atom. The normalized spacial score (nSPS) is 14.5. The van der Waals surface area contributed by atoms with Crippen LogP contribution in [0.15, 0.2) is 28.7 Å². The van der Waals surface area contributed by atoms with Gasteiger partial charge in [-0.1, -0.05) is 13.0 Å². The fraction of sp³-hybridized carbons (Fsp3) is 0.423. The van der Waals surface area contributed by atoms with E-state index in [9.17, 15) is 4.79 Å². The molecule has 5 heteroatoms. The van der Waals surface area contributed by atoms with Crippen molar-refractivity contribution >= 4 is 16.9 Å². The molecule has 4 rings (SSSR count). The van der Waals surface area contributed by atoms with Crippen LogP contribution in [0.3, 0.4) is 0 Å². The van der Waals surface area contributed by atoms with Crippen LogP contribution in [0.2, 0.25) is 0 Å². The summed E-state index contributed by atoms with van der Waals surface area (Å²) in [6.45, 7) is 10.7. The number of furan rings is 1. The summed E-state index contributed by atoms with van der Waals surface area (Å²) < 4.78 is 18.7. The number of aryl methyl sites for hydroxylation is 2. The number of aliphatic carboxylic acids is 1. The van der Waals surface area contributed by atoms with Crippen LogP contribution in [0.25, 0.3) is 11.0 Å². The van der Waals surface area contributed by atoms with E-state index < -0.39 is 5.97 Å². The topological polar surface area (TPSA) is 68.9 Å². The fourth-order valence-corrected chi connectivity index (χ4v) is 4.36. The second kappa shape index (κ2) is 7.95. The predicted molar refractivity (Wildman–Crippen MR) is 120 cm³/mol. The minimum atomic E-state index is -0.783. The largest absolute Gasteiger partial charge is 0.488 e. The molecule has 5 nitrogen and oxygen atoms in total. The summed E-state index contributed by atoms with van der Waals surface area (Å²) in [4.78, 5) is 10.9. The fourth-order valence-electron chi connectivity index (χ4n) is 4.36. The molecule has 31 heavy (non-hydrogen) atoms. The Labute approximate surface area is 183 Å². The molecule has 1 aromatic heterocycles. The SMILES string of the molecule is CCc1cc2cc3c(c(COc4ccc(CCC(=O)O)c(C)c4C)c2o1)CC(C)(C)O3. The van der Waals surface area contributed by atoms with Gasteiger partial charge in [0.2, 0.25) is 0 Å². The maximum atomic E-state index is 10.9. The Morgan fingerprint density at radius 1 is 1.19 bits per heavy atom. The van der Waals surface area contributed by atoms with Gasteiger partial charge in [0.05, 0.1) is 0 Å². The lowest BCUT2D eigenvalue weighted by Crippen LogP contribution is -2.24. The van der Waals surface area contributed by atoms with Crippen LogP contribution < -0.4 is 9.47 Å². The summed E-state index contributed by atoms with van der Waals surface area (Å²) in [5, 5.41) is 10.0. The highest BCUT2D eigenvalue weighted by atomic mass is 16.5. The van der Waals surface area contributed by atoms with E-state index >= 15 is 0 Å². The van der Waals surface area contributed by atoms with Gasteiger partial charge >= 0.3 is 5.97 Å². The van der Waals surface area contributed by atoms with Crippen LogP contribution in [-0.4, -0.2) is 16.7 Å². The van der Waals surface area contributed by atoms with Crippen molar-refractivity contribution < 1.29 is 23.8 Å². The van der Waals surface area contributed by atoms with E-state index in [2.05, 4.69) is 32.9 Å². The average Bonchev–Trinajstić information content (AvgIpc) is 3.25. The first-order valence-electron chi connectivity index (χ1n) is 10.9. The molecule has 1 N–H and O–H groups in total. The zero-order valence-electron chi connectivity index (χ0n) is 18.9. The highest BCUT2D eigenvalue weighted by molar-refractivity contribution is 5.85. The molecule has 0 amide bonds. The second-order valence-electron chi connectivity index (χ2n) is 9.01. The Hall–Kier alpha value is -2.95. The van der Waals surface area contributed by atoms with Crippen molar-refractivity contribution in [1.82, 2.24) is 0 Å². The summed E-state index contributed by atoms with van der Waals surface area (Å²) in [6.07, 6.45) is 2.30. The van der Waals surface area contributed by atoms with E-state index in [0.29, 0.717) is 13.0 Å². The van der Waals surface area contributed by atoms with E-state index in [1.165, 1.54) is 0 Å². The minimum Gasteiger partial charge on any atom is -0.488 e. The molecule has 0 saturated carbocycles. The van der Waals surface area contributed by atoms with Gasteiger partial charge in [0.25, 0.3) is 0 Å². The van der Waals surface area contributed by atoms with Crippen LogP contribution in [0.1, 0.15) is 60.8 Å². The predicted octanol–water partition coefficient (Wildman–Crippen LogP) is 5.92. The van der Waals surface area contributed by atoms with E-state index in [-0.39, 0.29) is 12.0 Å². The van der Waals surface area contributed by atoms with Crippen molar-refractivity contribution in [1.29, 1.82) is 0 Å². The molecule has 2 heterocycles. The van der Waals surface area contributed by atoms with E-state index in [1.54, 1.807) is 0 Å². The van der Waals surface area contributed by atoms with Crippen molar-refractivity contribution in [2.75, 3.05) is 0 Å². The molecule has 0 bridgehead atoms. The summed E-state index contributed by atoms with van der Waals surface area (Å²) in [5.41, 5.74) is 6.00. The third-order valence-corrected chi connectivity index (χ3v) is 6.20. The van der Waals surface area contributed by atoms with Crippen molar-refractivity contribution in [2.45, 2.75) is 72.5 Å². The first kappa shape index (κ1) is 21.3. The molecule has 0 aliphatic carbocycles. The van der Waals surface area contributed by atoms with Gasteiger partial charge in [-0.2, -0.15) is 0 Å². The molecular weight excluding hydrogens is 392 g/mol. The minimum absolute atomic E-state index is 0.128. The molecule has 164 valence electrons. The number of hydrogen-bond donors (Lipinski definition) is 1. The number of carbonyl (C=O) groups is 1. The van der Waals surface area contributed by atoms with Gasteiger partial charge in [-0.05, 0) is 69.0 Å². The van der Waals surface area contributed by atoms with Crippen LogP contribution in [0.4, 0.5) is 0 Å². The molecule has 1 aliphatic heterocycles. The number of rotatable bonds is 7. The van der Waals surface area contributed by atoms with Crippen LogP contribution >= 0.6 is 0 Å². The molecule has 0 fully saturated rings. The summed E-state index contributed by atoms with van der Waals surface area (Å²) in [6, 6.07) is 8.08. The van der Waals surface area contributed by atoms with Gasteiger partial charge < -0.3 is 19.0 Å². The molecule has 0 atom stereocenters. The number of fused-ring (bicyclic) bond motifs is 2. The van der Waals surface area contributed by atoms with Gasteiger partial charge in [-0.25, -0.2) is 0 Å². The van der Waals surface area contributed by atoms with Gasteiger partial charge in [0.15, 0.2) is 0 Å². The van der Waals surface area contributed by atoms with Crippen LogP contribution in [0.5, 0.6) is 11.5 Å². The molecule has 1 aliphatic rings. The van der Waals surface area contributed by atoms with Crippen molar-refractivity contribution in [3.63, 3.8) is 0 Å². The van der Waals surface area contributed by atoms with E-state index in [0.717, 1.165) is 68.9 Å². The number of carboxylic acids is 1. The zero-order chi connectivity index (χ0) is 22.3. The van der Waals surface area contributed by atoms with Gasteiger partial charge in [-0.15, -0.1) is 0 Å².